The van der Waals surface area contributed by atoms with Crippen LogP contribution in [0.1, 0.15) is 45.0 Å². The van der Waals surface area contributed by atoms with E-state index in [4.69, 9.17) is 5.14 Å². The summed E-state index contributed by atoms with van der Waals surface area (Å²) >= 11 is 0. The Balaban J connectivity index is 2.31. The van der Waals surface area contributed by atoms with E-state index in [2.05, 4.69) is 18.8 Å². The van der Waals surface area contributed by atoms with Crippen LogP contribution < -0.4 is 5.14 Å². The van der Waals surface area contributed by atoms with Gasteiger partial charge in [-0.3, -0.25) is 0 Å². The molecule has 0 radical (unpaired) electrons. The molecule has 18 heavy (non-hydrogen) atoms. The summed E-state index contributed by atoms with van der Waals surface area (Å²) in [6, 6.07) is 0.340. The smallest absolute Gasteiger partial charge is 0.257 e. The molecule has 2 atom stereocenters. The minimum Gasteiger partial charge on any atom is -0.331 e. The number of rotatable bonds is 2. The molecule has 1 heterocycles. The van der Waals surface area contributed by atoms with Gasteiger partial charge in [0.05, 0.1) is 0 Å². The highest BCUT2D eigenvalue weighted by Crippen LogP contribution is 2.36. The topological polar surface area (TPSA) is 78.0 Å². The van der Waals surface area contributed by atoms with Gasteiger partial charge in [-0.2, -0.15) is 0 Å². The normalized spacial score (nSPS) is 29.4. The van der Waals surface area contributed by atoms with Crippen molar-refractivity contribution in [3.05, 3.63) is 12.0 Å². The van der Waals surface area contributed by atoms with Crippen molar-refractivity contribution in [2.75, 3.05) is 0 Å². The fourth-order valence-electron chi connectivity index (χ4n) is 3.10. The predicted octanol–water partition coefficient (Wildman–Crippen LogP) is 1.84. The van der Waals surface area contributed by atoms with Crippen LogP contribution in [0.15, 0.2) is 11.2 Å². The van der Waals surface area contributed by atoms with E-state index in [1.807, 2.05) is 11.5 Å². The summed E-state index contributed by atoms with van der Waals surface area (Å²) in [5.41, 5.74) is 0. The van der Waals surface area contributed by atoms with Crippen molar-refractivity contribution in [2.45, 2.75) is 51.1 Å². The molecule has 0 amide bonds. The lowest BCUT2D eigenvalue weighted by Crippen LogP contribution is -2.23. The molecule has 1 saturated carbocycles. The van der Waals surface area contributed by atoms with Crippen LogP contribution in [0.2, 0.25) is 0 Å². The Bertz CT molecular complexity index is 526. The van der Waals surface area contributed by atoms with Gasteiger partial charge in [0.15, 0.2) is 5.03 Å². The van der Waals surface area contributed by atoms with Crippen molar-refractivity contribution >= 4 is 10.0 Å². The number of aryl methyl sites for hydroxylation is 1. The molecule has 1 aromatic heterocycles. The monoisotopic (exact) mass is 271 g/mol. The molecule has 0 aliphatic heterocycles. The SMILES string of the molecule is Cc1nc(S(N)(=O)=O)cn1C1CC(C)CC(C)C1. The van der Waals surface area contributed by atoms with Crippen molar-refractivity contribution in [3.8, 4) is 0 Å². The summed E-state index contributed by atoms with van der Waals surface area (Å²) in [5.74, 6) is 2.06. The van der Waals surface area contributed by atoms with Gasteiger partial charge in [-0.1, -0.05) is 13.8 Å². The molecule has 102 valence electrons. The van der Waals surface area contributed by atoms with Crippen molar-refractivity contribution < 1.29 is 8.42 Å². The Morgan fingerprint density at radius 2 is 1.83 bits per heavy atom. The molecule has 1 fully saturated rings. The van der Waals surface area contributed by atoms with Gasteiger partial charge in [0.1, 0.15) is 5.82 Å². The molecule has 6 heteroatoms. The molecule has 0 aromatic carbocycles. The van der Waals surface area contributed by atoms with Gasteiger partial charge < -0.3 is 4.57 Å². The number of imidazole rings is 1. The summed E-state index contributed by atoms with van der Waals surface area (Å²) in [7, 11) is -3.70. The third-order valence-electron chi connectivity index (χ3n) is 3.73. The third kappa shape index (κ3) is 2.75. The van der Waals surface area contributed by atoms with Gasteiger partial charge in [0, 0.05) is 12.2 Å². The fraction of sp³-hybridized carbons (Fsp3) is 0.750. The Kier molecular flexibility index (Phi) is 3.51. The maximum atomic E-state index is 11.3. The lowest BCUT2D eigenvalue weighted by molar-refractivity contribution is 0.219. The lowest BCUT2D eigenvalue weighted by Gasteiger charge is -2.32. The number of primary sulfonamides is 1. The Hall–Kier alpha value is -0.880. The summed E-state index contributed by atoms with van der Waals surface area (Å²) in [6.07, 6.45) is 4.98. The molecule has 2 unspecified atom stereocenters. The van der Waals surface area contributed by atoms with Gasteiger partial charge in [-0.15, -0.1) is 0 Å². The first-order valence-corrected chi connectivity index (χ1v) is 7.90. The number of hydrogen-bond donors (Lipinski definition) is 1. The number of nitrogens with two attached hydrogens (primary N) is 1. The minimum atomic E-state index is -3.70. The molecule has 0 bridgehead atoms. The summed E-state index contributed by atoms with van der Waals surface area (Å²) in [6.45, 7) is 6.32. The molecule has 2 rings (SSSR count). The van der Waals surface area contributed by atoms with E-state index in [0.717, 1.165) is 18.7 Å². The fourth-order valence-corrected chi connectivity index (χ4v) is 3.62. The van der Waals surface area contributed by atoms with E-state index in [1.165, 1.54) is 6.42 Å². The highest BCUT2D eigenvalue weighted by molar-refractivity contribution is 7.89. The first kappa shape index (κ1) is 13.5. The quantitative estimate of drug-likeness (QED) is 0.891. The van der Waals surface area contributed by atoms with Crippen LogP contribution in [0, 0.1) is 18.8 Å². The maximum Gasteiger partial charge on any atom is 0.257 e. The number of aromatic nitrogens is 2. The average molecular weight is 271 g/mol. The second-order valence-corrected chi connectivity index (χ2v) is 7.16. The van der Waals surface area contributed by atoms with Crippen LogP contribution in [0.5, 0.6) is 0 Å². The zero-order valence-corrected chi connectivity index (χ0v) is 11.9. The second-order valence-electron chi connectivity index (χ2n) is 5.65. The van der Waals surface area contributed by atoms with Gasteiger partial charge in [-0.25, -0.2) is 18.5 Å². The average Bonchev–Trinajstić information content (AvgIpc) is 2.58. The van der Waals surface area contributed by atoms with Crippen LogP contribution in [0.25, 0.3) is 0 Å². The van der Waals surface area contributed by atoms with E-state index >= 15 is 0 Å². The van der Waals surface area contributed by atoms with E-state index in [1.54, 1.807) is 6.20 Å². The minimum absolute atomic E-state index is 0.0223. The van der Waals surface area contributed by atoms with E-state index < -0.39 is 10.0 Å². The van der Waals surface area contributed by atoms with Gasteiger partial charge >= 0.3 is 0 Å². The molecule has 2 N–H and O–H groups in total. The highest BCUT2D eigenvalue weighted by atomic mass is 32.2. The van der Waals surface area contributed by atoms with E-state index in [0.29, 0.717) is 17.9 Å². The summed E-state index contributed by atoms with van der Waals surface area (Å²) in [4.78, 5) is 4.06. The standard InChI is InChI=1S/C12H21N3O2S/c1-8-4-9(2)6-11(5-8)15-7-12(14-10(15)3)18(13,16)17/h7-9,11H,4-6H2,1-3H3,(H2,13,16,17). The first-order valence-electron chi connectivity index (χ1n) is 6.35. The largest absolute Gasteiger partial charge is 0.331 e. The highest BCUT2D eigenvalue weighted by Gasteiger charge is 2.27. The molecular weight excluding hydrogens is 250 g/mol. The molecule has 0 spiro atoms. The van der Waals surface area contributed by atoms with E-state index in [-0.39, 0.29) is 5.03 Å². The maximum absolute atomic E-state index is 11.3. The Morgan fingerprint density at radius 3 is 2.28 bits per heavy atom. The van der Waals surface area contributed by atoms with Gasteiger partial charge in [0.25, 0.3) is 10.0 Å². The van der Waals surface area contributed by atoms with Crippen LogP contribution in [-0.2, 0) is 10.0 Å². The molecule has 5 nitrogen and oxygen atoms in total. The van der Waals surface area contributed by atoms with Crippen molar-refractivity contribution in [1.29, 1.82) is 0 Å². The number of hydrogen-bond acceptors (Lipinski definition) is 3. The zero-order valence-electron chi connectivity index (χ0n) is 11.1. The van der Waals surface area contributed by atoms with Crippen LogP contribution in [0.4, 0.5) is 0 Å². The number of sulfonamides is 1. The zero-order chi connectivity index (χ0) is 13.5. The third-order valence-corrected chi connectivity index (χ3v) is 4.51. The predicted molar refractivity (Wildman–Crippen MR) is 69.6 cm³/mol. The van der Waals surface area contributed by atoms with E-state index in [9.17, 15) is 8.42 Å². The van der Waals surface area contributed by atoms with Crippen molar-refractivity contribution in [1.82, 2.24) is 9.55 Å². The lowest BCUT2D eigenvalue weighted by atomic mass is 9.80. The molecular formula is C12H21N3O2S. The van der Waals surface area contributed by atoms with Crippen LogP contribution in [0.3, 0.4) is 0 Å². The molecule has 0 saturated heterocycles. The molecule has 1 aliphatic rings. The summed E-state index contributed by atoms with van der Waals surface area (Å²) in [5, 5.41) is 5.10. The van der Waals surface area contributed by atoms with Crippen LogP contribution >= 0.6 is 0 Å². The van der Waals surface area contributed by atoms with Gasteiger partial charge in [0.2, 0.25) is 0 Å². The van der Waals surface area contributed by atoms with Crippen molar-refractivity contribution in [3.63, 3.8) is 0 Å². The summed E-state index contributed by atoms with van der Waals surface area (Å²) < 4.78 is 24.6. The van der Waals surface area contributed by atoms with Crippen LogP contribution in [-0.4, -0.2) is 18.0 Å². The number of nitrogens with zero attached hydrogens (tertiary/aromatic N) is 2. The first-order chi connectivity index (χ1) is 8.27. The molecule has 1 aliphatic carbocycles. The second kappa shape index (κ2) is 4.66. The van der Waals surface area contributed by atoms with Gasteiger partial charge in [-0.05, 0) is 38.0 Å². The Morgan fingerprint density at radius 1 is 1.28 bits per heavy atom. The van der Waals surface area contributed by atoms with Crippen molar-refractivity contribution in [2.24, 2.45) is 17.0 Å². The molecule has 1 aromatic rings. The Labute approximate surface area is 108 Å².